The largest absolute Gasteiger partial charge is 0.508 e. The molecule has 0 saturated carbocycles. The standard InChI is InChI=1S/C24H23N3O2S2/c28-19-7-5-17(6-8-19)18-9-11-26(12-10-18)16-24(29)27-21(23-4-2-14-31-23)15-20(25-27)22-3-1-13-30-22/h1-9,13-14,21,28H,10-12,15-16H2/t21-/m1/s1. The highest BCUT2D eigenvalue weighted by Crippen LogP contribution is 2.36. The number of phenols is 1. The Bertz CT molecular complexity index is 1100. The van der Waals surface area contributed by atoms with Gasteiger partial charge in [-0.05, 0) is 52.6 Å². The molecule has 31 heavy (non-hydrogen) atoms. The molecular weight excluding hydrogens is 426 g/mol. The van der Waals surface area contributed by atoms with Crippen molar-refractivity contribution in [1.82, 2.24) is 9.91 Å². The summed E-state index contributed by atoms with van der Waals surface area (Å²) in [4.78, 5) is 17.8. The van der Waals surface area contributed by atoms with Gasteiger partial charge in [0.25, 0.3) is 5.91 Å². The van der Waals surface area contributed by atoms with Gasteiger partial charge in [-0.2, -0.15) is 5.10 Å². The number of hydrogen-bond acceptors (Lipinski definition) is 6. The van der Waals surface area contributed by atoms with E-state index in [9.17, 15) is 9.90 Å². The summed E-state index contributed by atoms with van der Waals surface area (Å²) in [6.07, 6.45) is 3.83. The first kappa shape index (κ1) is 20.2. The van der Waals surface area contributed by atoms with E-state index in [1.165, 1.54) is 10.5 Å². The van der Waals surface area contributed by atoms with E-state index in [2.05, 4.69) is 28.5 Å². The highest BCUT2D eigenvalue weighted by atomic mass is 32.1. The Morgan fingerprint density at radius 1 is 1.10 bits per heavy atom. The number of rotatable bonds is 5. The second-order valence-corrected chi connectivity index (χ2v) is 9.69. The van der Waals surface area contributed by atoms with Crippen LogP contribution in [0.15, 0.2) is 70.5 Å². The van der Waals surface area contributed by atoms with Gasteiger partial charge in [0.1, 0.15) is 5.75 Å². The van der Waals surface area contributed by atoms with E-state index in [4.69, 9.17) is 5.10 Å². The molecule has 0 fully saturated rings. The van der Waals surface area contributed by atoms with E-state index in [0.717, 1.165) is 42.1 Å². The number of carbonyl (C=O) groups is 1. The summed E-state index contributed by atoms with van der Waals surface area (Å²) in [5.74, 6) is 0.326. The maximum Gasteiger partial charge on any atom is 0.257 e. The fraction of sp³-hybridized carbons (Fsp3) is 0.250. The molecule has 0 unspecified atom stereocenters. The number of thiophene rings is 2. The van der Waals surface area contributed by atoms with Gasteiger partial charge in [0, 0.05) is 24.4 Å². The van der Waals surface area contributed by atoms with Crippen LogP contribution >= 0.6 is 22.7 Å². The number of carbonyl (C=O) groups excluding carboxylic acids is 1. The van der Waals surface area contributed by atoms with Crippen molar-refractivity contribution in [2.75, 3.05) is 19.6 Å². The van der Waals surface area contributed by atoms with Crippen molar-refractivity contribution in [3.8, 4) is 5.75 Å². The van der Waals surface area contributed by atoms with E-state index in [1.54, 1.807) is 39.8 Å². The molecule has 0 radical (unpaired) electrons. The summed E-state index contributed by atoms with van der Waals surface area (Å²) < 4.78 is 0. The quantitative estimate of drug-likeness (QED) is 0.598. The third-order valence-corrected chi connectivity index (χ3v) is 7.63. The maximum atomic E-state index is 13.3. The molecule has 158 valence electrons. The van der Waals surface area contributed by atoms with E-state index in [1.807, 2.05) is 29.6 Å². The maximum absolute atomic E-state index is 13.3. The lowest BCUT2D eigenvalue weighted by Crippen LogP contribution is -2.39. The Hall–Kier alpha value is -2.74. The summed E-state index contributed by atoms with van der Waals surface area (Å²) >= 11 is 3.35. The Labute approximate surface area is 189 Å². The van der Waals surface area contributed by atoms with Gasteiger partial charge in [-0.3, -0.25) is 9.69 Å². The van der Waals surface area contributed by atoms with Crippen molar-refractivity contribution in [2.45, 2.75) is 18.9 Å². The first-order valence-electron chi connectivity index (χ1n) is 10.3. The van der Waals surface area contributed by atoms with Crippen LogP contribution in [-0.4, -0.2) is 46.3 Å². The number of phenolic OH excluding ortho intramolecular Hbond substituents is 1. The minimum absolute atomic E-state index is 0.0162. The van der Waals surface area contributed by atoms with Crippen molar-refractivity contribution in [2.24, 2.45) is 5.10 Å². The molecule has 1 N–H and O–H groups in total. The van der Waals surface area contributed by atoms with Gasteiger partial charge in [0.2, 0.25) is 0 Å². The van der Waals surface area contributed by atoms with Crippen molar-refractivity contribution in [1.29, 1.82) is 0 Å². The van der Waals surface area contributed by atoms with Crippen LogP contribution in [0, 0.1) is 0 Å². The molecule has 0 saturated heterocycles. The predicted molar refractivity (Wildman–Crippen MR) is 127 cm³/mol. The summed E-state index contributed by atoms with van der Waals surface area (Å²) in [6.45, 7) is 1.93. The first-order valence-corrected chi connectivity index (χ1v) is 12.1. The van der Waals surface area contributed by atoms with Crippen LogP contribution in [0.3, 0.4) is 0 Å². The van der Waals surface area contributed by atoms with Crippen molar-refractivity contribution in [3.05, 3.63) is 80.7 Å². The van der Waals surface area contributed by atoms with Crippen molar-refractivity contribution < 1.29 is 9.90 Å². The normalized spacial score (nSPS) is 19.4. The third-order valence-electron chi connectivity index (χ3n) is 5.73. The Morgan fingerprint density at radius 3 is 2.58 bits per heavy atom. The average Bonchev–Trinajstić information content (AvgIpc) is 3.56. The van der Waals surface area contributed by atoms with Crippen LogP contribution in [0.4, 0.5) is 0 Å². The molecule has 4 heterocycles. The molecule has 2 aliphatic heterocycles. The van der Waals surface area contributed by atoms with E-state index in [-0.39, 0.29) is 17.7 Å². The van der Waals surface area contributed by atoms with E-state index < -0.39 is 0 Å². The minimum atomic E-state index is -0.0162. The van der Waals surface area contributed by atoms with Crippen LogP contribution in [-0.2, 0) is 4.79 Å². The zero-order valence-corrected chi connectivity index (χ0v) is 18.6. The number of amides is 1. The molecule has 0 aliphatic carbocycles. The smallest absolute Gasteiger partial charge is 0.257 e. The molecule has 0 spiro atoms. The fourth-order valence-corrected chi connectivity index (χ4v) is 5.62. The lowest BCUT2D eigenvalue weighted by molar-refractivity contribution is -0.134. The molecular formula is C24H23N3O2S2. The lowest BCUT2D eigenvalue weighted by atomic mass is 9.99. The van der Waals surface area contributed by atoms with Gasteiger partial charge in [-0.15, -0.1) is 22.7 Å². The van der Waals surface area contributed by atoms with Gasteiger partial charge in [0.05, 0.1) is 23.2 Å². The Balaban J connectivity index is 1.29. The van der Waals surface area contributed by atoms with Gasteiger partial charge >= 0.3 is 0 Å². The van der Waals surface area contributed by atoms with Crippen LogP contribution in [0.5, 0.6) is 5.75 Å². The predicted octanol–water partition coefficient (Wildman–Crippen LogP) is 4.98. The van der Waals surface area contributed by atoms with Crippen molar-refractivity contribution in [3.63, 3.8) is 0 Å². The molecule has 2 aromatic heterocycles. The molecule has 1 atom stereocenters. The fourth-order valence-electron chi connectivity index (χ4n) is 4.09. The number of hydrogen-bond donors (Lipinski definition) is 1. The van der Waals surface area contributed by atoms with Crippen LogP contribution in [0.1, 0.15) is 34.2 Å². The second-order valence-electron chi connectivity index (χ2n) is 7.76. The number of nitrogens with zero attached hydrogens (tertiary/aromatic N) is 3. The zero-order valence-electron chi connectivity index (χ0n) is 17.0. The molecule has 5 nitrogen and oxygen atoms in total. The van der Waals surface area contributed by atoms with Gasteiger partial charge in [-0.25, -0.2) is 5.01 Å². The first-order chi connectivity index (χ1) is 15.2. The summed E-state index contributed by atoms with van der Waals surface area (Å²) in [5.41, 5.74) is 3.39. The average molecular weight is 450 g/mol. The number of aromatic hydroxyl groups is 1. The summed E-state index contributed by atoms with van der Waals surface area (Å²) in [5, 5.41) is 20.1. The molecule has 0 bridgehead atoms. The third kappa shape index (κ3) is 4.35. The van der Waals surface area contributed by atoms with E-state index in [0.29, 0.717) is 6.54 Å². The molecule has 1 amide bonds. The molecule has 5 rings (SSSR count). The van der Waals surface area contributed by atoms with Crippen LogP contribution in [0.25, 0.3) is 5.57 Å². The number of benzene rings is 1. The number of hydrazone groups is 1. The highest BCUT2D eigenvalue weighted by molar-refractivity contribution is 7.12. The van der Waals surface area contributed by atoms with Crippen molar-refractivity contribution >= 4 is 39.9 Å². The minimum Gasteiger partial charge on any atom is -0.508 e. The van der Waals surface area contributed by atoms with Gasteiger partial charge in [-0.1, -0.05) is 30.3 Å². The summed E-state index contributed by atoms with van der Waals surface area (Å²) in [7, 11) is 0. The molecule has 2 aliphatic rings. The zero-order chi connectivity index (χ0) is 21.2. The van der Waals surface area contributed by atoms with E-state index >= 15 is 0 Å². The highest BCUT2D eigenvalue weighted by Gasteiger charge is 2.34. The van der Waals surface area contributed by atoms with Crippen LogP contribution in [0.2, 0.25) is 0 Å². The monoisotopic (exact) mass is 449 g/mol. The molecule has 7 heteroatoms. The topological polar surface area (TPSA) is 56.1 Å². The Kier molecular flexibility index (Phi) is 5.72. The van der Waals surface area contributed by atoms with Gasteiger partial charge in [0.15, 0.2) is 0 Å². The summed E-state index contributed by atoms with van der Waals surface area (Å²) in [6, 6.07) is 15.5. The molecule has 3 aromatic rings. The van der Waals surface area contributed by atoms with Gasteiger partial charge < -0.3 is 5.11 Å². The lowest BCUT2D eigenvalue weighted by Gasteiger charge is -2.28. The Morgan fingerprint density at radius 2 is 1.90 bits per heavy atom. The second kappa shape index (κ2) is 8.78. The van der Waals surface area contributed by atoms with Crippen LogP contribution < -0.4 is 0 Å². The molecule has 1 aromatic carbocycles. The SMILES string of the molecule is O=C(CN1CC=C(c2ccc(O)cc2)CC1)N1N=C(c2cccs2)C[C@@H]1c1cccs1.